The van der Waals surface area contributed by atoms with Crippen molar-refractivity contribution in [3.8, 4) is 17.5 Å². The Hall–Kier alpha value is -3.73. The number of carbonyl (C=O) groups excluding carboxylic acids is 2. The maximum absolute atomic E-state index is 12.0. The fourth-order valence-corrected chi connectivity index (χ4v) is 3.77. The van der Waals surface area contributed by atoms with Crippen LogP contribution >= 0.6 is 23.2 Å². The van der Waals surface area contributed by atoms with Gasteiger partial charge in [-0.1, -0.05) is 29.3 Å². The molecule has 0 saturated heterocycles. The van der Waals surface area contributed by atoms with Gasteiger partial charge in [0.1, 0.15) is 24.0 Å². The number of aryl methyl sites for hydroxylation is 1. The number of benzene rings is 2. The van der Waals surface area contributed by atoms with E-state index in [0.717, 1.165) is 22.6 Å². The van der Waals surface area contributed by atoms with Gasteiger partial charge >= 0.3 is 6.03 Å². The third-order valence-electron chi connectivity index (χ3n) is 4.88. The highest BCUT2D eigenvalue weighted by molar-refractivity contribution is 6.35. The fourth-order valence-electron chi connectivity index (χ4n) is 3.31. The van der Waals surface area contributed by atoms with Crippen LogP contribution in [-0.2, 0) is 11.4 Å². The number of ether oxygens (including phenoxy) is 1. The highest BCUT2D eigenvalue weighted by Gasteiger charge is 2.15. The van der Waals surface area contributed by atoms with Crippen LogP contribution < -0.4 is 15.8 Å². The van der Waals surface area contributed by atoms with Crippen LogP contribution in [0.3, 0.4) is 0 Å². The predicted octanol–water partition coefficient (Wildman–Crippen LogP) is 5.08. The van der Waals surface area contributed by atoms with Crippen molar-refractivity contribution in [2.24, 2.45) is 5.73 Å². The number of imide groups is 1. The van der Waals surface area contributed by atoms with Crippen LogP contribution in [0.5, 0.6) is 5.75 Å². The van der Waals surface area contributed by atoms with Crippen LogP contribution in [0.15, 0.2) is 54.1 Å². The molecule has 0 radical (unpaired) electrons. The van der Waals surface area contributed by atoms with Gasteiger partial charge < -0.3 is 15.0 Å². The fraction of sp³-hybridized carbons (Fsp3) is 0.125. The molecule has 0 atom stereocenters. The van der Waals surface area contributed by atoms with E-state index in [0.29, 0.717) is 28.0 Å². The summed E-state index contributed by atoms with van der Waals surface area (Å²) in [4.78, 5) is 22.9. The number of hydrogen-bond donors (Lipinski definition) is 2. The molecule has 0 spiro atoms. The van der Waals surface area contributed by atoms with Crippen molar-refractivity contribution in [3.63, 3.8) is 0 Å². The number of hydrogen-bond acceptors (Lipinski definition) is 4. The zero-order valence-electron chi connectivity index (χ0n) is 17.9. The number of nitrogens with two attached hydrogens (primary N) is 1. The number of primary amides is 1. The van der Waals surface area contributed by atoms with Gasteiger partial charge in [-0.15, -0.1) is 0 Å². The summed E-state index contributed by atoms with van der Waals surface area (Å²) in [6.07, 6.45) is 1.42. The summed E-state index contributed by atoms with van der Waals surface area (Å²) in [5.41, 5.74) is 8.82. The lowest BCUT2D eigenvalue weighted by Gasteiger charge is -2.12. The smallest absolute Gasteiger partial charge is 0.319 e. The average molecular weight is 483 g/mol. The Kier molecular flexibility index (Phi) is 7.44. The molecule has 7 nitrogen and oxygen atoms in total. The second-order valence-corrected chi connectivity index (χ2v) is 8.01. The average Bonchev–Trinajstić information content (AvgIpc) is 3.04. The molecule has 3 aromatic rings. The van der Waals surface area contributed by atoms with Crippen LogP contribution in [0.2, 0.25) is 10.0 Å². The van der Waals surface area contributed by atoms with Gasteiger partial charge in [0.2, 0.25) is 0 Å². The molecule has 1 heterocycles. The molecule has 1 aromatic heterocycles. The molecule has 0 unspecified atom stereocenters. The van der Waals surface area contributed by atoms with E-state index in [1.54, 1.807) is 18.2 Å². The summed E-state index contributed by atoms with van der Waals surface area (Å²) in [5, 5.41) is 12.3. The number of halogens is 2. The minimum atomic E-state index is -1.02. The maximum Gasteiger partial charge on any atom is 0.319 e. The molecule has 3 N–H and O–H groups in total. The molecule has 3 rings (SSSR count). The Bertz CT molecular complexity index is 1290. The normalized spacial score (nSPS) is 11.1. The lowest BCUT2D eigenvalue weighted by atomic mass is 10.1. The topological polar surface area (TPSA) is 110 Å². The van der Waals surface area contributed by atoms with Gasteiger partial charge in [-0.3, -0.25) is 10.1 Å². The zero-order chi connectivity index (χ0) is 24.1. The quantitative estimate of drug-likeness (QED) is 0.376. The van der Waals surface area contributed by atoms with Gasteiger partial charge in [0.25, 0.3) is 5.91 Å². The highest BCUT2D eigenvalue weighted by atomic mass is 35.5. The number of aromatic nitrogens is 1. The molecule has 0 fully saturated rings. The highest BCUT2D eigenvalue weighted by Crippen LogP contribution is 2.26. The molecule has 9 heteroatoms. The van der Waals surface area contributed by atoms with Crippen molar-refractivity contribution in [2.45, 2.75) is 20.5 Å². The lowest BCUT2D eigenvalue weighted by molar-refractivity contribution is -0.115. The molecule has 0 aliphatic heterocycles. The predicted molar refractivity (Wildman–Crippen MR) is 127 cm³/mol. The Morgan fingerprint density at radius 1 is 1.15 bits per heavy atom. The Morgan fingerprint density at radius 2 is 1.85 bits per heavy atom. The van der Waals surface area contributed by atoms with Gasteiger partial charge in [-0.05, 0) is 68.0 Å². The molecule has 0 bridgehead atoms. The van der Waals surface area contributed by atoms with Gasteiger partial charge in [0, 0.05) is 32.7 Å². The summed E-state index contributed by atoms with van der Waals surface area (Å²) < 4.78 is 7.81. The molecule has 33 heavy (non-hydrogen) atoms. The number of nitriles is 1. The number of nitrogens with one attached hydrogen (secondary N) is 1. The summed E-state index contributed by atoms with van der Waals surface area (Å²) in [7, 11) is 0. The Morgan fingerprint density at radius 3 is 2.45 bits per heavy atom. The second kappa shape index (κ2) is 10.3. The third-order valence-corrected chi connectivity index (χ3v) is 5.46. The van der Waals surface area contributed by atoms with Gasteiger partial charge in [-0.25, -0.2) is 4.79 Å². The van der Waals surface area contributed by atoms with E-state index in [2.05, 4.69) is 0 Å². The van der Waals surface area contributed by atoms with E-state index in [9.17, 15) is 14.9 Å². The van der Waals surface area contributed by atoms with Gasteiger partial charge in [0.05, 0.1) is 0 Å². The van der Waals surface area contributed by atoms with Crippen LogP contribution in [0.25, 0.3) is 11.8 Å². The number of urea groups is 1. The summed E-state index contributed by atoms with van der Waals surface area (Å²) in [5.74, 6) is -0.181. The van der Waals surface area contributed by atoms with Crippen LogP contribution in [0.4, 0.5) is 4.79 Å². The van der Waals surface area contributed by atoms with E-state index in [1.165, 1.54) is 6.08 Å². The van der Waals surface area contributed by atoms with Crippen molar-refractivity contribution < 1.29 is 14.3 Å². The van der Waals surface area contributed by atoms with E-state index in [4.69, 9.17) is 33.7 Å². The Balaban J connectivity index is 1.80. The summed E-state index contributed by atoms with van der Waals surface area (Å²) in [6.45, 7) is 4.08. The van der Waals surface area contributed by atoms with Crippen LogP contribution in [0.1, 0.15) is 22.5 Å². The monoisotopic (exact) mass is 482 g/mol. The summed E-state index contributed by atoms with van der Waals surface area (Å²) in [6, 6.07) is 15.3. The number of rotatable bonds is 6. The van der Waals surface area contributed by atoms with Crippen molar-refractivity contribution in [1.29, 1.82) is 5.26 Å². The van der Waals surface area contributed by atoms with Gasteiger partial charge in [-0.2, -0.15) is 5.26 Å². The van der Waals surface area contributed by atoms with Crippen molar-refractivity contribution in [2.75, 3.05) is 0 Å². The summed E-state index contributed by atoms with van der Waals surface area (Å²) >= 11 is 12.1. The second-order valence-electron chi connectivity index (χ2n) is 7.17. The first-order chi connectivity index (χ1) is 15.7. The van der Waals surface area contributed by atoms with E-state index in [-0.39, 0.29) is 5.57 Å². The first kappa shape index (κ1) is 23.9. The van der Waals surface area contributed by atoms with E-state index in [1.807, 2.05) is 60.1 Å². The molecule has 0 aliphatic rings. The molecular formula is C24H20Cl2N4O3. The maximum atomic E-state index is 12.0. The minimum absolute atomic E-state index is 0.223. The number of amides is 3. The lowest BCUT2D eigenvalue weighted by Crippen LogP contribution is -2.35. The molecule has 0 saturated carbocycles. The van der Waals surface area contributed by atoms with E-state index >= 15 is 0 Å². The van der Waals surface area contributed by atoms with Crippen molar-refractivity contribution >= 4 is 41.2 Å². The van der Waals surface area contributed by atoms with Crippen LogP contribution in [-0.4, -0.2) is 16.5 Å². The van der Waals surface area contributed by atoms with Crippen molar-refractivity contribution in [1.82, 2.24) is 9.88 Å². The number of nitrogens with zero attached hydrogens (tertiary/aromatic N) is 2. The Labute approximate surface area is 201 Å². The molecule has 168 valence electrons. The molecule has 3 amide bonds. The SMILES string of the molecule is Cc1cc(/C=C(/C#N)C(=O)NC(N)=O)c(C)n1-c1ccc(OCc2ccc(Cl)cc2Cl)cc1. The zero-order valence-corrected chi connectivity index (χ0v) is 19.4. The van der Waals surface area contributed by atoms with Gasteiger partial charge in [0.15, 0.2) is 0 Å². The molecular weight excluding hydrogens is 463 g/mol. The van der Waals surface area contributed by atoms with Crippen molar-refractivity contribution in [3.05, 3.63) is 86.7 Å². The van der Waals surface area contributed by atoms with E-state index < -0.39 is 11.9 Å². The molecule has 0 aliphatic carbocycles. The first-order valence-corrected chi connectivity index (χ1v) is 10.5. The first-order valence-electron chi connectivity index (χ1n) is 9.78. The van der Waals surface area contributed by atoms with Crippen LogP contribution in [0, 0.1) is 25.2 Å². The molecule has 2 aromatic carbocycles. The minimum Gasteiger partial charge on any atom is -0.489 e. The third kappa shape index (κ3) is 5.75. The number of carbonyl (C=O) groups is 2. The largest absolute Gasteiger partial charge is 0.489 e. The standard InChI is InChI=1S/C24H20Cl2N4O3/c1-14-9-17(10-18(12-27)23(31)29-24(28)32)15(2)30(14)20-5-7-21(8-6-20)33-13-16-3-4-19(25)11-22(16)26/h3-11H,13H2,1-2H3,(H3,28,29,31,32)/b18-10-.